The Morgan fingerprint density at radius 3 is 2.23 bits per heavy atom. The van der Waals surface area contributed by atoms with Gasteiger partial charge in [-0.25, -0.2) is 0 Å². The predicted molar refractivity (Wildman–Crippen MR) is 115 cm³/mol. The van der Waals surface area contributed by atoms with Crippen molar-refractivity contribution >= 4 is 10.1 Å². The van der Waals surface area contributed by atoms with E-state index in [1.165, 1.54) is 0 Å². The molecule has 0 aromatic heterocycles. The zero-order valence-electron chi connectivity index (χ0n) is 17.8. The molecule has 0 amide bonds. The molecule has 2 aromatic rings. The van der Waals surface area contributed by atoms with Gasteiger partial charge in [0.25, 0.3) is 10.1 Å². The second-order valence-electron chi connectivity index (χ2n) is 7.53. The molecule has 3 rings (SSSR count). The third-order valence-electron chi connectivity index (χ3n) is 5.37. The van der Waals surface area contributed by atoms with Crippen LogP contribution in [-0.4, -0.2) is 41.5 Å². The van der Waals surface area contributed by atoms with Gasteiger partial charge in [-0.15, -0.1) is 0 Å². The monoisotopic (exact) mass is 434 g/mol. The van der Waals surface area contributed by atoms with Crippen molar-refractivity contribution in [2.45, 2.75) is 56.1 Å². The smallest absolute Gasteiger partial charge is 0.297 e. The van der Waals surface area contributed by atoms with Crippen molar-refractivity contribution in [3.05, 3.63) is 53.6 Å². The summed E-state index contributed by atoms with van der Waals surface area (Å²) in [4.78, 5) is 0.183. The summed E-state index contributed by atoms with van der Waals surface area (Å²) in [5.41, 5.74) is 2.07. The highest BCUT2D eigenvalue weighted by Gasteiger charge is 2.31. The Morgan fingerprint density at radius 2 is 1.57 bits per heavy atom. The molecule has 0 saturated heterocycles. The molecule has 2 atom stereocenters. The van der Waals surface area contributed by atoms with Gasteiger partial charge in [0.1, 0.15) is 6.10 Å². The molecule has 30 heavy (non-hydrogen) atoms. The van der Waals surface area contributed by atoms with E-state index in [1.807, 2.05) is 25.1 Å². The molecule has 164 valence electrons. The van der Waals surface area contributed by atoms with Crippen molar-refractivity contribution in [3.63, 3.8) is 0 Å². The Bertz CT molecular complexity index is 923. The summed E-state index contributed by atoms with van der Waals surface area (Å²) in [6.45, 7) is 2.39. The van der Waals surface area contributed by atoms with Gasteiger partial charge in [0.05, 0.1) is 31.8 Å². The molecule has 6 nitrogen and oxygen atoms in total. The van der Waals surface area contributed by atoms with E-state index in [0.717, 1.165) is 30.4 Å². The van der Waals surface area contributed by atoms with Gasteiger partial charge in [0, 0.05) is 0 Å². The normalized spacial score (nSPS) is 19.4. The molecule has 0 heterocycles. The fraction of sp³-hybridized carbons (Fsp3) is 0.478. The van der Waals surface area contributed by atoms with E-state index in [1.54, 1.807) is 38.5 Å². The summed E-state index contributed by atoms with van der Waals surface area (Å²) in [5.74, 6) is 1.36. The minimum absolute atomic E-state index is 0.183. The number of hydrogen-bond acceptors (Lipinski definition) is 6. The average molecular weight is 435 g/mol. The quantitative estimate of drug-likeness (QED) is 0.549. The van der Waals surface area contributed by atoms with E-state index in [0.29, 0.717) is 30.9 Å². The van der Waals surface area contributed by atoms with Crippen LogP contribution in [0.2, 0.25) is 0 Å². The minimum Gasteiger partial charge on any atom is -0.493 e. The van der Waals surface area contributed by atoms with Crippen molar-refractivity contribution < 1.29 is 26.8 Å². The van der Waals surface area contributed by atoms with E-state index < -0.39 is 16.2 Å². The SMILES string of the molecule is COc1ccc(CCOC2CCCCC2OS(=O)(=O)c2ccc(C)cc2)cc1OC. The van der Waals surface area contributed by atoms with Crippen LogP contribution in [0.3, 0.4) is 0 Å². The Kier molecular flexibility index (Phi) is 7.75. The molecule has 0 bridgehead atoms. The van der Waals surface area contributed by atoms with Crippen LogP contribution in [0.25, 0.3) is 0 Å². The van der Waals surface area contributed by atoms with E-state index >= 15 is 0 Å². The standard InChI is InChI=1S/C23H30O6S/c1-17-8-11-19(12-9-17)30(24,25)29-22-7-5-4-6-21(22)28-15-14-18-10-13-20(26-2)23(16-18)27-3/h8-13,16,21-22H,4-7,14-15H2,1-3H3. The fourth-order valence-electron chi connectivity index (χ4n) is 3.65. The Morgan fingerprint density at radius 1 is 0.900 bits per heavy atom. The highest BCUT2D eigenvalue weighted by Crippen LogP contribution is 2.29. The Balaban J connectivity index is 1.60. The number of methoxy groups -OCH3 is 2. The van der Waals surface area contributed by atoms with Crippen molar-refractivity contribution in [1.82, 2.24) is 0 Å². The first-order valence-corrected chi connectivity index (χ1v) is 11.7. The first kappa shape index (κ1) is 22.6. The topological polar surface area (TPSA) is 71.1 Å². The van der Waals surface area contributed by atoms with Crippen LogP contribution in [0.15, 0.2) is 47.4 Å². The summed E-state index contributed by atoms with van der Waals surface area (Å²) in [6.07, 6.45) is 3.39. The van der Waals surface area contributed by atoms with Crippen LogP contribution in [0.5, 0.6) is 11.5 Å². The summed E-state index contributed by atoms with van der Waals surface area (Å²) in [5, 5.41) is 0. The fourth-order valence-corrected chi connectivity index (χ4v) is 4.78. The Hall–Kier alpha value is -2.09. The molecule has 2 unspecified atom stereocenters. The summed E-state index contributed by atoms with van der Waals surface area (Å²) >= 11 is 0. The lowest BCUT2D eigenvalue weighted by atomic mass is 9.95. The third-order valence-corrected chi connectivity index (χ3v) is 6.72. The van der Waals surface area contributed by atoms with Crippen molar-refractivity contribution in [2.75, 3.05) is 20.8 Å². The maximum absolute atomic E-state index is 12.7. The van der Waals surface area contributed by atoms with Gasteiger partial charge < -0.3 is 14.2 Å². The summed E-state index contributed by atoms with van der Waals surface area (Å²) < 4.78 is 47.6. The second-order valence-corrected chi connectivity index (χ2v) is 9.11. The summed E-state index contributed by atoms with van der Waals surface area (Å²) in [7, 11) is -0.601. The van der Waals surface area contributed by atoms with Crippen molar-refractivity contribution in [1.29, 1.82) is 0 Å². The molecule has 1 aliphatic carbocycles. The van der Waals surface area contributed by atoms with Crippen molar-refractivity contribution in [2.24, 2.45) is 0 Å². The van der Waals surface area contributed by atoms with E-state index in [-0.39, 0.29) is 11.0 Å². The molecule has 0 aliphatic heterocycles. The van der Waals surface area contributed by atoms with Crippen LogP contribution in [0, 0.1) is 6.92 Å². The highest BCUT2D eigenvalue weighted by molar-refractivity contribution is 7.86. The molecule has 2 aromatic carbocycles. The van der Waals surface area contributed by atoms with Crippen LogP contribution in [-0.2, 0) is 25.5 Å². The van der Waals surface area contributed by atoms with Gasteiger partial charge in [-0.3, -0.25) is 4.18 Å². The Labute approximate surface area is 179 Å². The predicted octanol–water partition coefficient (Wildman–Crippen LogP) is 4.29. The molecule has 0 radical (unpaired) electrons. The number of rotatable bonds is 9. The number of hydrogen-bond donors (Lipinski definition) is 0. The zero-order valence-corrected chi connectivity index (χ0v) is 18.6. The summed E-state index contributed by atoms with van der Waals surface area (Å²) in [6, 6.07) is 12.5. The zero-order chi connectivity index (χ0) is 21.6. The molecular formula is C23H30O6S. The molecular weight excluding hydrogens is 404 g/mol. The van der Waals surface area contributed by atoms with Crippen molar-refractivity contribution in [3.8, 4) is 11.5 Å². The second kappa shape index (κ2) is 10.3. The number of ether oxygens (including phenoxy) is 3. The van der Waals surface area contributed by atoms with Gasteiger partial charge in [-0.05, 0) is 56.0 Å². The molecule has 0 N–H and O–H groups in total. The molecule has 1 aliphatic rings. The molecule has 0 spiro atoms. The van der Waals surface area contributed by atoms with Crippen LogP contribution < -0.4 is 9.47 Å². The van der Waals surface area contributed by atoms with Gasteiger partial charge in [-0.1, -0.05) is 36.6 Å². The lowest BCUT2D eigenvalue weighted by molar-refractivity contribution is -0.0440. The van der Waals surface area contributed by atoms with Crippen LogP contribution >= 0.6 is 0 Å². The molecule has 1 fully saturated rings. The highest BCUT2D eigenvalue weighted by atomic mass is 32.2. The van der Waals surface area contributed by atoms with Crippen LogP contribution in [0.1, 0.15) is 36.8 Å². The molecule has 1 saturated carbocycles. The van der Waals surface area contributed by atoms with E-state index in [2.05, 4.69) is 0 Å². The maximum Gasteiger partial charge on any atom is 0.297 e. The van der Waals surface area contributed by atoms with Gasteiger partial charge in [0.2, 0.25) is 0 Å². The number of aryl methyl sites for hydroxylation is 1. The average Bonchev–Trinajstić information content (AvgIpc) is 2.75. The minimum atomic E-state index is -3.81. The lowest BCUT2D eigenvalue weighted by Crippen LogP contribution is -2.36. The van der Waals surface area contributed by atoms with Gasteiger partial charge >= 0.3 is 0 Å². The maximum atomic E-state index is 12.7. The first-order valence-electron chi connectivity index (χ1n) is 10.3. The number of benzene rings is 2. The third kappa shape index (κ3) is 5.74. The first-order chi connectivity index (χ1) is 14.4. The lowest BCUT2D eigenvalue weighted by Gasteiger charge is -2.30. The van der Waals surface area contributed by atoms with Crippen LogP contribution in [0.4, 0.5) is 0 Å². The van der Waals surface area contributed by atoms with E-state index in [4.69, 9.17) is 18.4 Å². The van der Waals surface area contributed by atoms with Gasteiger partial charge in [-0.2, -0.15) is 8.42 Å². The van der Waals surface area contributed by atoms with Gasteiger partial charge in [0.15, 0.2) is 11.5 Å². The van der Waals surface area contributed by atoms with E-state index in [9.17, 15) is 8.42 Å². The largest absolute Gasteiger partial charge is 0.493 e. The molecule has 7 heteroatoms.